The molecule has 1 aliphatic heterocycles. The SMILES string of the molecule is Cc1cscc1C(=O)N[C@@H]1CCCNC1. The summed E-state index contributed by atoms with van der Waals surface area (Å²) in [6, 6.07) is 0.297. The number of hydrogen-bond acceptors (Lipinski definition) is 3. The minimum absolute atomic E-state index is 0.0717. The van der Waals surface area contributed by atoms with Crippen LogP contribution in [0.5, 0.6) is 0 Å². The Morgan fingerprint density at radius 2 is 2.47 bits per heavy atom. The molecular weight excluding hydrogens is 208 g/mol. The van der Waals surface area contributed by atoms with E-state index < -0.39 is 0 Å². The van der Waals surface area contributed by atoms with Gasteiger partial charge in [-0.25, -0.2) is 0 Å². The molecule has 0 saturated carbocycles. The molecule has 2 N–H and O–H groups in total. The molecular formula is C11H16N2OS. The van der Waals surface area contributed by atoms with Crippen LogP contribution in [0.4, 0.5) is 0 Å². The number of carbonyl (C=O) groups is 1. The lowest BCUT2D eigenvalue weighted by Gasteiger charge is -2.23. The van der Waals surface area contributed by atoms with Crippen molar-refractivity contribution in [3.63, 3.8) is 0 Å². The first-order valence-corrected chi connectivity index (χ1v) is 6.26. The van der Waals surface area contributed by atoms with Crippen LogP contribution in [0.15, 0.2) is 10.8 Å². The molecule has 4 heteroatoms. The largest absolute Gasteiger partial charge is 0.348 e. The van der Waals surface area contributed by atoms with E-state index >= 15 is 0 Å². The summed E-state index contributed by atoms with van der Waals surface area (Å²) in [6.07, 6.45) is 2.23. The predicted octanol–water partition coefficient (Wildman–Crippen LogP) is 1.54. The lowest BCUT2D eigenvalue weighted by Crippen LogP contribution is -2.45. The molecule has 0 aromatic carbocycles. The van der Waals surface area contributed by atoms with Crippen molar-refractivity contribution in [2.45, 2.75) is 25.8 Å². The van der Waals surface area contributed by atoms with Crippen molar-refractivity contribution in [1.82, 2.24) is 10.6 Å². The normalized spacial score (nSPS) is 21.3. The van der Waals surface area contributed by atoms with Gasteiger partial charge in [0.05, 0.1) is 5.56 Å². The second-order valence-electron chi connectivity index (χ2n) is 3.99. The van der Waals surface area contributed by atoms with Gasteiger partial charge in [-0.05, 0) is 37.3 Å². The van der Waals surface area contributed by atoms with E-state index in [4.69, 9.17) is 0 Å². The van der Waals surface area contributed by atoms with E-state index in [1.807, 2.05) is 17.7 Å². The highest BCUT2D eigenvalue weighted by atomic mass is 32.1. The Morgan fingerprint density at radius 1 is 1.60 bits per heavy atom. The van der Waals surface area contributed by atoms with Gasteiger partial charge in [-0.3, -0.25) is 4.79 Å². The monoisotopic (exact) mass is 224 g/mol. The second kappa shape index (κ2) is 4.77. The molecule has 0 bridgehead atoms. The molecule has 82 valence electrons. The molecule has 1 aromatic heterocycles. The molecule has 1 amide bonds. The first-order valence-electron chi connectivity index (χ1n) is 5.32. The van der Waals surface area contributed by atoms with E-state index in [9.17, 15) is 4.79 Å². The van der Waals surface area contributed by atoms with Crippen molar-refractivity contribution in [2.75, 3.05) is 13.1 Å². The van der Waals surface area contributed by atoms with Crippen LogP contribution in [0.2, 0.25) is 0 Å². The van der Waals surface area contributed by atoms with Gasteiger partial charge >= 0.3 is 0 Å². The van der Waals surface area contributed by atoms with Crippen molar-refractivity contribution in [1.29, 1.82) is 0 Å². The summed E-state index contributed by atoms with van der Waals surface area (Å²) < 4.78 is 0. The smallest absolute Gasteiger partial charge is 0.252 e. The first kappa shape index (κ1) is 10.6. The van der Waals surface area contributed by atoms with Crippen LogP contribution in [0.25, 0.3) is 0 Å². The van der Waals surface area contributed by atoms with E-state index in [0.717, 1.165) is 37.1 Å². The van der Waals surface area contributed by atoms with Crippen LogP contribution >= 0.6 is 11.3 Å². The molecule has 3 nitrogen and oxygen atoms in total. The maximum Gasteiger partial charge on any atom is 0.252 e. The van der Waals surface area contributed by atoms with Gasteiger partial charge < -0.3 is 10.6 Å². The molecule has 1 fully saturated rings. The number of aryl methyl sites for hydroxylation is 1. The number of hydrogen-bond donors (Lipinski definition) is 2. The third-order valence-electron chi connectivity index (χ3n) is 2.73. The number of thiophene rings is 1. The average Bonchev–Trinajstić information content (AvgIpc) is 2.66. The van der Waals surface area contributed by atoms with Gasteiger partial charge in [-0.15, -0.1) is 0 Å². The number of nitrogens with one attached hydrogen (secondary N) is 2. The Balaban J connectivity index is 1.94. The minimum Gasteiger partial charge on any atom is -0.348 e. The van der Waals surface area contributed by atoms with Gasteiger partial charge in [-0.1, -0.05) is 0 Å². The van der Waals surface area contributed by atoms with Crippen molar-refractivity contribution in [2.24, 2.45) is 0 Å². The van der Waals surface area contributed by atoms with Crippen LogP contribution in [0.1, 0.15) is 28.8 Å². The Bertz CT molecular complexity index is 342. The minimum atomic E-state index is 0.0717. The third kappa shape index (κ3) is 2.58. The van der Waals surface area contributed by atoms with Crippen LogP contribution in [0.3, 0.4) is 0 Å². The van der Waals surface area contributed by atoms with Gasteiger partial charge in [0, 0.05) is 18.0 Å². The average molecular weight is 224 g/mol. The maximum atomic E-state index is 11.9. The summed E-state index contributed by atoms with van der Waals surface area (Å²) in [5.74, 6) is 0.0717. The first-order chi connectivity index (χ1) is 7.27. The summed E-state index contributed by atoms with van der Waals surface area (Å²) in [4.78, 5) is 11.9. The van der Waals surface area contributed by atoms with E-state index in [-0.39, 0.29) is 5.91 Å². The van der Waals surface area contributed by atoms with E-state index in [0.29, 0.717) is 6.04 Å². The molecule has 2 heterocycles. The zero-order valence-electron chi connectivity index (χ0n) is 8.88. The Labute approximate surface area is 93.9 Å². The molecule has 0 aliphatic carbocycles. The van der Waals surface area contributed by atoms with Crippen molar-refractivity contribution in [3.8, 4) is 0 Å². The lowest BCUT2D eigenvalue weighted by molar-refractivity contribution is 0.0930. The summed E-state index contributed by atoms with van der Waals surface area (Å²) in [7, 11) is 0. The summed E-state index contributed by atoms with van der Waals surface area (Å²) in [6.45, 7) is 3.95. The molecule has 1 atom stereocenters. The molecule has 1 saturated heterocycles. The highest BCUT2D eigenvalue weighted by molar-refractivity contribution is 7.08. The second-order valence-corrected chi connectivity index (χ2v) is 4.73. The number of rotatable bonds is 2. The fraction of sp³-hybridized carbons (Fsp3) is 0.545. The van der Waals surface area contributed by atoms with Gasteiger partial charge in [0.15, 0.2) is 0 Å². The van der Waals surface area contributed by atoms with Crippen LogP contribution < -0.4 is 10.6 Å². The maximum absolute atomic E-state index is 11.9. The van der Waals surface area contributed by atoms with E-state index in [2.05, 4.69) is 10.6 Å². The van der Waals surface area contributed by atoms with Crippen molar-refractivity contribution < 1.29 is 4.79 Å². The molecule has 0 radical (unpaired) electrons. The topological polar surface area (TPSA) is 41.1 Å². The van der Waals surface area contributed by atoms with Crippen molar-refractivity contribution in [3.05, 3.63) is 21.9 Å². The van der Waals surface area contributed by atoms with Crippen LogP contribution in [-0.4, -0.2) is 25.0 Å². The molecule has 15 heavy (non-hydrogen) atoms. The molecule has 0 unspecified atom stereocenters. The fourth-order valence-electron chi connectivity index (χ4n) is 1.83. The Morgan fingerprint density at radius 3 is 3.07 bits per heavy atom. The standard InChI is InChI=1S/C11H16N2OS/c1-8-6-15-7-10(8)11(14)13-9-3-2-4-12-5-9/h6-7,9,12H,2-5H2,1H3,(H,13,14)/t9-/m1/s1. The van der Waals surface area contributed by atoms with Crippen LogP contribution in [0, 0.1) is 6.92 Å². The zero-order chi connectivity index (χ0) is 10.7. The van der Waals surface area contributed by atoms with Gasteiger partial charge in [0.2, 0.25) is 0 Å². The third-order valence-corrected chi connectivity index (χ3v) is 3.59. The quantitative estimate of drug-likeness (QED) is 0.800. The predicted molar refractivity (Wildman–Crippen MR) is 62.4 cm³/mol. The van der Waals surface area contributed by atoms with Crippen molar-refractivity contribution >= 4 is 17.2 Å². The van der Waals surface area contributed by atoms with Gasteiger partial charge in [0.25, 0.3) is 5.91 Å². The lowest BCUT2D eigenvalue weighted by atomic mass is 10.1. The van der Waals surface area contributed by atoms with E-state index in [1.54, 1.807) is 11.3 Å². The number of amides is 1. The van der Waals surface area contributed by atoms with Crippen LogP contribution in [-0.2, 0) is 0 Å². The highest BCUT2D eigenvalue weighted by Crippen LogP contribution is 2.14. The molecule has 0 spiro atoms. The van der Waals surface area contributed by atoms with Gasteiger partial charge in [0.1, 0.15) is 0 Å². The fourth-order valence-corrected chi connectivity index (χ4v) is 2.66. The summed E-state index contributed by atoms with van der Waals surface area (Å²) >= 11 is 1.58. The van der Waals surface area contributed by atoms with Gasteiger partial charge in [-0.2, -0.15) is 11.3 Å². The molecule has 1 aromatic rings. The summed E-state index contributed by atoms with van der Waals surface area (Å²) in [5, 5.41) is 10.3. The molecule has 1 aliphatic rings. The number of piperidine rings is 1. The summed E-state index contributed by atoms with van der Waals surface area (Å²) in [5.41, 5.74) is 1.90. The molecule has 2 rings (SSSR count). The Hall–Kier alpha value is -0.870. The zero-order valence-corrected chi connectivity index (χ0v) is 9.69. The highest BCUT2D eigenvalue weighted by Gasteiger charge is 2.17. The van der Waals surface area contributed by atoms with E-state index in [1.165, 1.54) is 0 Å². The Kier molecular flexibility index (Phi) is 3.38. The number of carbonyl (C=O) groups excluding carboxylic acids is 1.